The van der Waals surface area contributed by atoms with Crippen molar-refractivity contribution in [1.29, 1.82) is 0 Å². The van der Waals surface area contributed by atoms with Crippen LogP contribution < -0.4 is 20.3 Å². The highest BCUT2D eigenvalue weighted by Crippen LogP contribution is 2.28. The van der Waals surface area contributed by atoms with Crippen molar-refractivity contribution < 1.29 is 19.1 Å². The van der Waals surface area contributed by atoms with Crippen LogP contribution in [-0.2, 0) is 4.79 Å². The molecule has 2 amide bonds. The van der Waals surface area contributed by atoms with Gasteiger partial charge in [0.15, 0.2) is 6.61 Å². The highest BCUT2D eigenvalue weighted by molar-refractivity contribution is 9.11. The van der Waals surface area contributed by atoms with Gasteiger partial charge in [0.05, 0.1) is 16.6 Å². The SMILES string of the molecule is CCCCCOc1ccccc1C(=O)NNC(=O)COc1ccc(Br)cc1Br. The average Bonchev–Trinajstić information content (AvgIpc) is 2.69. The zero-order chi connectivity index (χ0) is 20.4. The number of benzene rings is 2. The summed E-state index contributed by atoms with van der Waals surface area (Å²) in [7, 11) is 0. The fraction of sp³-hybridized carbons (Fsp3) is 0.300. The number of halogens is 2. The van der Waals surface area contributed by atoms with Crippen LogP contribution in [0.1, 0.15) is 36.5 Å². The summed E-state index contributed by atoms with van der Waals surface area (Å²) in [5.41, 5.74) is 5.08. The van der Waals surface area contributed by atoms with E-state index in [2.05, 4.69) is 49.6 Å². The molecule has 0 unspecified atom stereocenters. The van der Waals surface area contributed by atoms with E-state index in [9.17, 15) is 9.59 Å². The van der Waals surface area contributed by atoms with E-state index in [-0.39, 0.29) is 6.61 Å². The van der Waals surface area contributed by atoms with Crippen molar-refractivity contribution >= 4 is 43.7 Å². The molecule has 28 heavy (non-hydrogen) atoms. The predicted molar refractivity (Wildman–Crippen MR) is 114 cm³/mol. The first kappa shape index (κ1) is 22.2. The lowest BCUT2D eigenvalue weighted by Gasteiger charge is -2.13. The standard InChI is InChI=1S/C20H22Br2N2O4/c1-2-3-6-11-27-17-8-5-4-7-15(17)20(26)24-23-19(25)13-28-18-10-9-14(21)12-16(18)22/h4-5,7-10,12H,2-3,6,11,13H2,1H3,(H,23,25)(H,24,26). The highest BCUT2D eigenvalue weighted by Gasteiger charge is 2.13. The molecule has 0 aliphatic carbocycles. The molecule has 0 fully saturated rings. The molecule has 0 spiro atoms. The minimum Gasteiger partial charge on any atom is -0.493 e. The van der Waals surface area contributed by atoms with Crippen LogP contribution in [0.15, 0.2) is 51.4 Å². The Morgan fingerprint density at radius 3 is 2.50 bits per heavy atom. The second-order valence-electron chi connectivity index (χ2n) is 5.92. The molecule has 2 rings (SSSR count). The summed E-state index contributed by atoms with van der Waals surface area (Å²) in [5.74, 6) is 0.0738. The molecule has 0 aliphatic rings. The summed E-state index contributed by atoms with van der Waals surface area (Å²) >= 11 is 6.70. The van der Waals surface area contributed by atoms with Crippen LogP contribution >= 0.6 is 31.9 Å². The van der Waals surface area contributed by atoms with E-state index in [1.54, 1.807) is 36.4 Å². The molecule has 0 aliphatic heterocycles. The van der Waals surface area contributed by atoms with Crippen molar-refractivity contribution in [2.45, 2.75) is 26.2 Å². The van der Waals surface area contributed by atoms with Gasteiger partial charge in [0.2, 0.25) is 0 Å². The van der Waals surface area contributed by atoms with Crippen molar-refractivity contribution in [2.75, 3.05) is 13.2 Å². The molecular formula is C20H22Br2N2O4. The van der Waals surface area contributed by atoms with Gasteiger partial charge >= 0.3 is 0 Å². The third kappa shape index (κ3) is 7.16. The second-order valence-corrected chi connectivity index (χ2v) is 7.69. The molecule has 0 aromatic heterocycles. The molecule has 0 saturated heterocycles. The van der Waals surface area contributed by atoms with Gasteiger partial charge in [0.25, 0.3) is 11.8 Å². The third-order valence-electron chi connectivity index (χ3n) is 3.71. The normalized spacial score (nSPS) is 10.2. The Labute approximate surface area is 181 Å². The van der Waals surface area contributed by atoms with Crippen LogP contribution in [0.2, 0.25) is 0 Å². The fourth-order valence-corrected chi connectivity index (χ4v) is 3.44. The molecule has 0 radical (unpaired) electrons. The number of hydrogen-bond acceptors (Lipinski definition) is 4. The van der Waals surface area contributed by atoms with E-state index in [0.717, 1.165) is 23.7 Å². The smallest absolute Gasteiger partial charge is 0.276 e. The summed E-state index contributed by atoms with van der Waals surface area (Å²) in [6, 6.07) is 12.3. The Kier molecular flexibility index (Phi) is 9.30. The lowest BCUT2D eigenvalue weighted by atomic mass is 10.2. The maximum atomic E-state index is 12.4. The van der Waals surface area contributed by atoms with E-state index >= 15 is 0 Å². The molecule has 6 nitrogen and oxygen atoms in total. The number of carbonyl (C=O) groups excluding carboxylic acids is 2. The topological polar surface area (TPSA) is 76.7 Å². The lowest BCUT2D eigenvalue weighted by Crippen LogP contribution is -2.44. The van der Waals surface area contributed by atoms with Gasteiger partial charge in [0, 0.05) is 4.47 Å². The van der Waals surface area contributed by atoms with E-state index in [0.29, 0.717) is 28.1 Å². The van der Waals surface area contributed by atoms with Crippen molar-refractivity contribution in [2.24, 2.45) is 0 Å². The van der Waals surface area contributed by atoms with Crippen molar-refractivity contribution in [3.05, 3.63) is 57.0 Å². The molecule has 0 atom stereocenters. The van der Waals surface area contributed by atoms with Gasteiger partial charge in [-0.15, -0.1) is 0 Å². The fourth-order valence-electron chi connectivity index (χ4n) is 2.28. The van der Waals surface area contributed by atoms with E-state index in [1.807, 2.05) is 6.07 Å². The van der Waals surface area contributed by atoms with Crippen molar-refractivity contribution in [3.63, 3.8) is 0 Å². The Morgan fingerprint density at radius 2 is 1.75 bits per heavy atom. The van der Waals surface area contributed by atoms with Crippen LogP contribution in [0.4, 0.5) is 0 Å². The molecule has 2 N–H and O–H groups in total. The number of amides is 2. The Balaban J connectivity index is 1.83. The Hall–Kier alpha value is -2.06. The third-order valence-corrected chi connectivity index (χ3v) is 4.82. The number of carbonyl (C=O) groups is 2. The average molecular weight is 514 g/mol. The zero-order valence-corrected chi connectivity index (χ0v) is 18.6. The number of hydrogen-bond donors (Lipinski definition) is 2. The molecular weight excluding hydrogens is 492 g/mol. The maximum Gasteiger partial charge on any atom is 0.276 e. The highest BCUT2D eigenvalue weighted by atomic mass is 79.9. The first-order valence-corrected chi connectivity index (χ1v) is 10.5. The van der Waals surface area contributed by atoms with Gasteiger partial charge in [-0.2, -0.15) is 0 Å². The summed E-state index contributed by atoms with van der Waals surface area (Å²) in [4.78, 5) is 24.3. The van der Waals surface area contributed by atoms with Crippen LogP contribution in [0, 0.1) is 0 Å². The van der Waals surface area contributed by atoms with Crippen molar-refractivity contribution in [3.8, 4) is 11.5 Å². The van der Waals surface area contributed by atoms with Gasteiger partial charge in [-0.25, -0.2) is 0 Å². The van der Waals surface area contributed by atoms with Crippen LogP contribution in [0.3, 0.4) is 0 Å². The van der Waals surface area contributed by atoms with Crippen LogP contribution in [0.25, 0.3) is 0 Å². The number of rotatable bonds is 9. The second kappa shape index (κ2) is 11.7. The summed E-state index contributed by atoms with van der Waals surface area (Å²) in [6.45, 7) is 2.42. The van der Waals surface area contributed by atoms with Gasteiger partial charge in [-0.1, -0.05) is 47.8 Å². The maximum absolute atomic E-state index is 12.4. The molecule has 0 heterocycles. The molecule has 2 aromatic rings. The largest absolute Gasteiger partial charge is 0.493 e. The molecule has 8 heteroatoms. The first-order valence-electron chi connectivity index (χ1n) is 8.90. The molecule has 0 saturated carbocycles. The van der Waals surface area contributed by atoms with Gasteiger partial charge in [0.1, 0.15) is 11.5 Å². The van der Waals surface area contributed by atoms with E-state index in [4.69, 9.17) is 9.47 Å². The lowest BCUT2D eigenvalue weighted by molar-refractivity contribution is -0.123. The predicted octanol–water partition coefficient (Wildman–Crippen LogP) is 4.62. The molecule has 0 bridgehead atoms. The number of para-hydroxylation sites is 1. The summed E-state index contributed by atoms with van der Waals surface area (Å²) in [5, 5.41) is 0. The van der Waals surface area contributed by atoms with E-state index in [1.165, 1.54) is 0 Å². The summed E-state index contributed by atoms with van der Waals surface area (Å²) < 4.78 is 12.7. The Bertz CT molecular complexity index is 815. The number of hydrazine groups is 1. The van der Waals surface area contributed by atoms with Gasteiger partial charge < -0.3 is 9.47 Å². The van der Waals surface area contributed by atoms with Gasteiger partial charge in [-0.05, 0) is 52.7 Å². The first-order chi connectivity index (χ1) is 13.5. The number of unbranched alkanes of at least 4 members (excludes halogenated alkanes) is 2. The van der Waals surface area contributed by atoms with Gasteiger partial charge in [-0.3, -0.25) is 20.4 Å². The van der Waals surface area contributed by atoms with Crippen LogP contribution in [0.5, 0.6) is 11.5 Å². The minimum absolute atomic E-state index is 0.240. The molecule has 2 aromatic carbocycles. The van der Waals surface area contributed by atoms with Crippen molar-refractivity contribution in [1.82, 2.24) is 10.9 Å². The minimum atomic E-state index is -0.482. The van der Waals surface area contributed by atoms with E-state index < -0.39 is 11.8 Å². The van der Waals surface area contributed by atoms with Crippen LogP contribution in [-0.4, -0.2) is 25.0 Å². The Morgan fingerprint density at radius 1 is 0.964 bits per heavy atom. The summed E-state index contributed by atoms with van der Waals surface area (Å²) in [6.07, 6.45) is 3.08. The molecule has 150 valence electrons. The number of nitrogens with one attached hydrogen (secondary N) is 2. The zero-order valence-electron chi connectivity index (χ0n) is 15.5. The monoisotopic (exact) mass is 512 g/mol. The quantitative estimate of drug-likeness (QED) is 0.379. The number of ether oxygens (including phenoxy) is 2.